The number of hydrogen-bond acceptors (Lipinski definition) is 4. The van der Waals surface area contributed by atoms with Gasteiger partial charge < -0.3 is 10.1 Å². The summed E-state index contributed by atoms with van der Waals surface area (Å²) < 4.78 is 5.48. The molecule has 1 fully saturated rings. The van der Waals surface area contributed by atoms with Gasteiger partial charge >= 0.3 is 0 Å². The molecule has 0 saturated heterocycles. The Bertz CT molecular complexity index is 414. The molecule has 2 atom stereocenters. The molecule has 1 heterocycles. The highest BCUT2D eigenvalue weighted by Crippen LogP contribution is 2.33. The van der Waals surface area contributed by atoms with Crippen molar-refractivity contribution in [3.63, 3.8) is 0 Å². The second kappa shape index (κ2) is 6.94. The molecular weight excluding hydrogens is 262 g/mol. The molecule has 5 heteroatoms. The van der Waals surface area contributed by atoms with E-state index in [0.29, 0.717) is 24.3 Å². The van der Waals surface area contributed by atoms with Crippen molar-refractivity contribution >= 4 is 17.4 Å². The van der Waals surface area contributed by atoms with Crippen LogP contribution in [0.15, 0.2) is 6.33 Å². The molecule has 2 unspecified atom stereocenters. The van der Waals surface area contributed by atoms with E-state index in [2.05, 4.69) is 15.3 Å². The highest BCUT2D eigenvalue weighted by molar-refractivity contribution is 6.18. The number of alkyl halides is 1. The number of nitrogens with one attached hydrogen (secondary N) is 1. The summed E-state index contributed by atoms with van der Waals surface area (Å²) >= 11 is 6.01. The minimum Gasteiger partial charge on any atom is -0.478 e. The van der Waals surface area contributed by atoms with Crippen molar-refractivity contribution in [2.24, 2.45) is 11.8 Å². The lowest BCUT2D eigenvalue weighted by Crippen LogP contribution is -2.20. The standard InChI is InChI=1S/C14H22ClN3O/c1-3-19-14-10(2)13(17-9-18-14)16-8-12-6-4-5-11(12)7-15/h9,11-12H,3-8H2,1-2H3,(H,16,17,18). The molecule has 19 heavy (non-hydrogen) atoms. The summed E-state index contributed by atoms with van der Waals surface area (Å²) in [5.41, 5.74) is 0.977. The first-order valence-electron chi connectivity index (χ1n) is 7.00. The number of halogens is 1. The van der Waals surface area contributed by atoms with Crippen LogP contribution in [0.25, 0.3) is 0 Å². The van der Waals surface area contributed by atoms with Gasteiger partial charge in [0.15, 0.2) is 0 Å². The Morgan fingerprint density at radius 1 is 1.37 bits per heavy atom. The summed E-state index contributed by atoms with van der Waals surface area (Å²) in [4.78, 5) is 8.44. The molecule has 0 aromatic carbocycles. The summed E-state index contributed by atoms with van der Waals surface area (Å²) in [7, 11) is 0. The van der Waals surface area contributed by atoms with Crippen LogP contribution in [0, 0.1) is 18.8 Å². The van der Waals surface area contributed by atoms with Gasteiger partial charge in [0.2, 0.25) is 5.88 Å². The summed E-state index contributed by atoms with van der Waals surface area (Å²) in [5, 5.41) is 3.43. The lowest BCUT2D eigenvalue weighted by molar-refractivity contribution is 0.323. The summed E-state index contributed by atoms with van der Waals surface area (Å²) in [6.45, 7) is 5.49. The van der Waals surface area contributed by atoms with Crippen molar-refractivity contribution in [2.75, 3.05) is 24.3 Å². The third-order valence-electron chi connectivity index (χ3n) is 3.87. The Balaban J connectivity index is 1.97. The van der Waals surface area contributed by atoms with Crippen molar-refractivity contribution in [3.8, 4) is 5.88 Å². The average molecular weight is 284 g/mol. The van der Waals surface area contributed by atoms with Crippen LogP contribution < -0.4 is 10.1 Å². The zero-order valence-corrected chi connectivity index (χ0v) is 12.4. The quantitative estimate of drug-likeness (QED) is 0.814. The fourth-order valence-corrected chi connectivity index (χ4v) is 3.11. The van der Waals surface area contributed by atoms with E-state index in [4.69, 9.17) is 16.3 Å². The van der Waals surface area contributed by atoms with Crippen LogP contribution in [0.3, 0.4) is 0 Å². The Morgan fingerprint density at radius 3 is 2.89 bits per heavy atom. The molecule has 0 radical (unpaired) electrons. The minimum absolute atomic E-state index is 0.619. The Hall–Kier alpha value is -1.03. The van der Waals surface area contributed by atoms with Crippen LogP contribution >= 0.6 is 11.6 Å². The molecule has 1 aliphatic carbocycles. The molecular formula is C14H22ClN3O. The predicted octanol–water partition coefficient (Wildman–Crippen LogP) is 3.25. The van der Waals surface area contributed by atoms with Crippen LogP contribution in [0.2, 0.25) is 0 Å². The molecule has 1 aromatic rings. The maximum atomic E-state index is 6.01. The molecule has 1 saturated carbocycles. The molecule has 0 bridgehead atoms. The highest BCUT2D eigenvalue weighted by atomic mass is 35.5. The maximum absolute atomic E-state index is 6.01. The van der Waals surface area contributed by atoms with Gasteiger partial charge in [-0.05, 0) is 38.5 Å². The fourth-order valence-electron chi connectivity index (χ4n) is 2.71. The van der Waals surface area contributed by atoms with Crippen molar-refractivity contribution in [2.45, 2.75) is 33.1 Å². The third kappa shape index (κ3) is 3.50. The lowest BCUT2D eigenvalue weighted by Gasteiger charge is -2.19. The van der Waals surface area contributed by atoms with Crippen LogP contribution in [0.5, 0.6) is 5.88 Å². The van der Waals surface area contributed by atoms with E-state index in [1.165, 1.54) is 19.3 Å². The van der Waals surface area contributed by atoms with Gasteiger partial charge in [0, 0.05) is 12.4 Å². The molecule has 106 valence electrons. The summed E-state index contributed by atoms with van der Waals surface area (Å²) in [6, 6.07) is 0. The molecule has 4 nitrogen and oxygen atoms in total. The van der Waals surface area contributed by atoms with E-state index in [-0.39, 0.29) is 0 Å². The molecule has 0 aliphatic heterocycles. The van der Waals surface area contributed by atoms with Gasteiger partial charge in [0.05, 0.1) is 12.2 Å². The van der Waals surface area contributed by atoms with E-state index in [1.54, 1.807) is 6.33 Å². The molecule has 0 spiro atoms. The van der Waals surface area contributed by atoms with Crippen molar-refractivity contribution in [3.05, 3.63) is 11.9 Å². The van der Waals surface area contributed by atoms with Crippen LogP contribution in [0.4, 0.5) is 5.82 Å². The number of rotatable bonds is 6. The zero-order chi connectivity index (χ0) is 13.7. The van der Waals surface area contributed by atoms with E-state index in [1.807, 2.05) is 13.8 Å². The van der Waals surface area contributed by atoms with Crippen molar-refractivity contribution in [1.82, 2.24) is 9.97 Å². The third-order valence-corrected chi connectivity index (χ3v) is 4.26. The Morgan fingerprint density at radius 2 is 2.16 bits per heavy atom. The smallest absolute Gasteiger partial charge is 0.221 e. The van der Waals surface area contributed by atoms with E-state index in [0.717, 1.165) is 23.8 Å². The average Bonchev–Trinajstić information content (AvgIpc) is 2.87. The highest BCUT2D eigenvalue weighted by Gasteiger charge is 2.26. The second-order valence-electron chi connectivity index (χ2n) is 5.07. The molecule has 1 aliphatic rings. The first-order chi connectivity index (χ1) is 9.26. The minimum atomic E-state index is 0.619. The topological polar surface area (TPSA) is 47.0 Å². The monoisotopic (exact) mass is 283 g/mol. The van der Waals surface area contributed by atoms with Gasteiger partial charge in [0.25, 0.3) is 0 Å². The largest absolute Gasteiger partial charge is 0.478 e. The Kier molecular flexibility index (Phi) is 5.25. The fraction of sp³-hybridized carbons (Fsp3) is 0.714. The van der Waals surface area contributed by atoms with Crippen LogP contribution in [-0.2, 0) is 0 Å². The number of hydrogen-bond donors (Lipinski definition) is 1. The van der Waals surface area contributed by atoms with Crippen molar-refractivity contribution < 1.29 is 4.74 Å². The second-order valence-corrected chi connectivity index (χ2v) is 5.38. The number of nitrogens with zero attached hydrogens (tertiary/aromatic N) is 2. The lowest BCUT2D eigenvalue weighted by atomic mass is 9.98. The van der Waals surface area contributed by atoms with Gasteiger partial charge in [-0.25, -0.2) is 9.97 Å². The maximum Gasteiger partial charge on any atom is 0.221 e. The zero-order valence-electron chi connectivity index (χ0n) is 11.7. The normalized spacial score (nSPS) is 22.5. The van der Waals surface area contributed by atoms with Gasteiger partial charge in [-0.2, -0.15) is 0 Å². The van der Waals surface area contributed by atoms with E-state index in [9.17, 15) is 0 Å². The van der Waals surface area contributed by atoms with Gasteiger partial charge in [-0.3, -0.25) is 0 Å². The number of anilines is 1. The molecule has 0 amide bonds. The summed E-state index contributed by atoms with van der Waals surface area (Å²) in [5.74, 6) is 3.60. The first kappa shape index (κ1) is 14.4. The summed E-state index contributed by atoms with van der Waals surface area (Å²) in [6.07, 6.45) is 5.35. The van der Waals surface area contributed by atoms with Gasteiger partial charge in [-0.15, -0.1) is 11.6 Å². The number of aromatic nitrogens is 2. The van der Waals surface area contributed by atoms with E-state index >= 15 is 0 Å². The molecule has 1 N–H and O–H groups in total. The Labute approximate surface area is 119 Å². The predicted molar refractivity (Wildman–Crippen MR) is 78.0 cm³/mol. The number of ether oxygens (including phenoxy) is 1. The molecule has 2 rings (SSSR count). The molecule has 1 aromatic heterocycles. The van der Waals surface area contributed by atoms with Crippen molar-refractivity contribution in [1.29, 1.82) is 0 Å². The SMILES string of the molecule is CCOc1ncnc(NCC2CCCC2CCl)c1C. The van der Waals surface area contributed by atoms with Crippen LogP contribution in [-0.4, -0.2) is 29.0 Å². The first-order valence-corrected chi connectivity index (χ1v) is 7.54. The van der Waals surface area contributed by atoms with Gasteiger partial charge in [0.1, 0.15) is 12.1 Å². The van der Waals surface area contributed by atoms with Crippen LogP contribution in [0.1, 0.15) is 31.7 Å². The van der Waals surface area contributed by atoms with Gasteiger partial charge in [-0.1, -0.05) is 6.42 Å². The van der Waals surface area contributed by atoms with E-state index < -0.39 is 0 Å².